The number of hydrogen-bond donors (Lipinski definition) is 0. The van der Waals surface area contributed by atoms with Crippen LogP contribution in [0.5, 0.6) is 0 Å². The zero-order chi connectivity index (χ0) is 21.3. The molecule has 0 aromatic rings. The van der Waals surface area contributed by atoms with Crippen LogP contribution < -0.4 is 15.3 Å². The van der Waals surface area contributed by atoms with Gasteiger partial charge in [-0.05, 0) is 38.5 Å². The summed E-state index contributed by atoms with van der Waals surface area (Å²) in [5.74, 6) is -2.77. The molecule has 0 spiro atoms. The quantitative estimate of drug-likeness (QED) is 0.245. The number of rotatable bonds is 15. The van der Waals surface area contributed by atoms with Crippen molar-refractivity contribution >= 4 is 42.3 Å². The Morgan fingerprint density at radius 1 is 0.464 bits per heavy atom. The molecule has 0 rings (SSSR count). The van der Waals surface area contributed by atoms with Crippen LogP contribution in [-0.4, -0.2) is 42.3 Å². The van der Waals surface area contributed by atoms with Crippen LogP contribution in [0.2, 0.25) is 0 Å². The van der Waals surface area contributed by atoms with E-state index in [0.717, 1.165) is 77.0 Å². The maximum atomic E-state index is 9.85. The van der Waals surface area contributed by atoms with Crippen LogP contribution in [0.4, 0.5) is 0 Å². The first-order chi connectivity index (χ1) is 12.8. The van der Waals surface area contributed by atoms with Crippen LogP contribution in [0.15, 0.2) is 0 Å². The largest absolute Gasteiger partial charge is 3.00 e. The number of carboxylic acids is 3. The van der Waals surface area contributed by atoms with E-state index in [9.17, 15) is 29.7 Å². The molecule has 7 heteroatoms. The molecule has 0 aliphatic rings. The second kappa shape index (κ2) is 30.9. The Morgan fingerprint density at radius 2 is 0.679 bits per heavy atom. The van der Waals surface area contributed by atoms with Crippen LogP contribution in [0.1, 0.15) is 117 Å². The van der Waals surface area contributed by atoms with Gasteiger partial charge in [-0.3, -0.25) is 0 Å². The van der Waals surface area contributed by atoms with E-state index in [0.29, 0.717) is 0 Å². The van der Waals surface area contributed by atoms with Gasteiger partial charge in [-0.15, -0.1) is 0 Å². The van der Waals surface area contributed by atoms with E-state index >= 15 is 0 Å². The van der Waals surface area contributed by atoms with Crippen molar-refractivity contribution in [2.75, 3.05) is 0 Å². The molecule has 0 saturated heterocycles. The Bertz CT molecular complexity index is 295. The molecule has 0 unspecified atom stereocenters. The van der Waals surface area contributed by atoms with E-state index in [4.69, 9.17) is 0 Å². The molecule has 0 amide bonds. The maximum Gasteiger partial charge on any atom is 3.00 e. The molecule has 0 bridgehead atoms. The minimum atomic E-state index is -0.925. The molecule has 164 valence electrons. The fraction of sp³-hybridized carbons (Fsp3) is 0.857. The number of carbonyl (C=O) groups is 3. The molecule has 0 aliphatic heterocycles. The van der Waals surface area contributed by atoms with Crippen LogP contribution in [0.3, 0.4) is 0 Å². The minimum Gasteiger partial charge on any atom is -0.550 e. The summed E-state index contributed by atoms with van der Waals surface area (Å²) in [5.41, 5.74) is 0. The van der Waals surface area contributed by atoms with Crippen LogP contribution in [-0.2, 0) is 14.4 Å². The Kier molecular flexibility index (Phi) is 38.4. The second-order valence-electron chi connectivity index (χ2n) is 6.55. The molecule has 0 heterocycles. The Labute approximate surface area is 188 Å². The standard InChI is InChI=1S/3C7H14O2.Sb/c3*1-2-3-4-5-6-7(8)9;/h3*2-6H2,1H3,(H,8,9);/q;;;+3/p-3. The monoisotopic (exact) mass is 508 g/mol. The second-order valence-corrected chi connectivity index (χ2v) is 6.55. The van der Waals surface area contributed by atoms with Gasteiger partial charge in [0.05, 0.1) is 0 Å². The molecule has 2 radical (unpaired) electrons. The van der Waals surface area contributed by atoms with Gasteiger partial charge in [0.15, 0.2) is 0 Å². The van der Waals surface area contributed by atoms with E-state index in [1.165, 1.54) is 0 Å². The molecule has 0 N–H and O–H groups in total. The molecular weight excluding hydrogens is 470 g/mol. The van der Waals surface area contributed by atoms with E-state index in [1.54, 1.807) is 0 Å². The van der Waals surface area contributed by atoms with Crippen molar-refractivity contribution in [1.82, 2.24) is 0 Å². The van der Waals surface area contributed by atoms with Gasteiger partial charge in [0.1, 0.15) is 0 Å². The van der Waals surface area contributed by atoms with Gasteiger partial charge in [0, 0.05) is 17.9 Å². The first-order valence-corrected chi connectivity index (χ1v) is 10.4. The van der Waals surface area contributed by atoms with Crippen molar-refractivity contribution in [3.63, 3.8) is 0 Å². The normalized spacial score (nSPS) is 9.11. The van der Waals surface area contributed by atoms with Gasteiger partial charge >= 0.3 is 24.4 Å². The molecule has 6 nitrogen and oxygen atoms in total. The summed E-state index contributed by atoms with van der Waals surface area (Å²) >= 11 is 0. The van der Waals surface area contributed by atoms with Crippen molar-refractivity contribution in [2.24, 2.45) is 0 Å². The smallest absolute Gasteiger partial charge is 0.550 e. The number of unbranched alkanes of at least 4 members (excludes halogenated alkanes) is 9. The van der Waals surface area contributed by atoms with E-state index in [1.807, 2.05) is 0 Å². The van der Waals surface area contributed by atoms with Crippen LogP contribution in [0.25, 0.3) is 0 Å². The predicted octanol–water partition coefficient (Wildman–Crippen LogP) is 1.74. The summed E-state index contributed by atoms with van der Waals surface area (Å²) in [6.07, 6.45) is 12.9. The first-order valence-electron chi connectivity index (χ1n) is 10.4. The van der Waals surface area contributed by atoms with Crippen molar-refractivity contribution in [2.45, 2.75) is 117 Å². The molecule has 28 heavy (non-hydrogen) atoms. The third-order valence-electron chi connectivity index (χ3n) is 3.70. The Morgan fingerprint density at radius 3 is 0.821 bits per heavy atom. The average molecular weight is 509 g/mol. The molecule has 0 saturated carbocycles. The summed E-state index contributed by atoms with van der Waals surface area (Å²) in [4.78, 5) is 29.6. The number of hydrogen-bond acceptors (Lipinski definition) is 6. The van der Waals surface area contributed by atoms with Crippen LogP contribution in [0, 0.1) is 0 Å². The third kappa shape index (κ3) is 49.9. The van der Waals surface area contributed by atoms with Gasteiger partial charge in [0.25, 0.3) is 0 Å². The molecule has 0 atom stereocenters. The topological polar surface area (TPSA) is 120 Å². The number of aliphatic carboxylic acids is 3. The average Bonchev–Trinajstić information content (AvgIpc) is 2.60. The summed E-state index contributed by atoms with van der Waals surface area (Å²) < 4.78 is 0. The molecule has 0 aromatic carbocycles. The van der Waals surface area contributed by atoms with E-state index in [2.05, 4.69) is 20.8 Å². The van der Waals surface area contributed by atoms with Gasteiger partial charge < -0.3 is 29.7 Å². The molecule has 0 aromatic heterocycles. The predicted molar refractivity (Wildman–Crippen MR) is 107 cm³/mol. The van der Waals surface area contributed by atoms with Gasteiger partial charge in [-0.25, -0.2) is 0 Å². The fourth-order valence-corrected chi connectivity index (χ4v) is 2.09. The number of carbonyl (C=O) groups excluding carboxylic acids is 3. The minimum absolute atomic E-state index is 0. The number of carboxylic acid groups (broad SMARTS) is 3. The SMILES string of the molecule is CCCCCCC(=O)[O-].CCCCCCC(=O)[O-].CCCCCCC(=O)[O-].[Sb+3]. The van der Waals surface area contributed by atoms with Crippen molar-refractivity contribution in [1.29, 1.82) is 0 Å². The zero-order valence-corrected chi connectivity index (χ0v) is 20.6. The van der Waals surface area contributed by atoms with E-state index < -0.39 is 17.9 Å². The molecule has 0 fully saturated rings. The fourth-order valence-electron chi connectivity index (χ4n) is 2.09. The van der Waals surface area contributed by atoms with Crippen molar-refractivity contribution in [3.8, 4) is 0 Å². The molecular formula is C21H39O6Sb. The Balaban J connectivity index is -0.000000152. The zero-order valence-electron chi connectivity index (χ0n) is 18.0. The Hall–Kier alpha value is -0.772. The van der Waals surface area contributed by atoms with Gasteiger partial charge in [0.2, 0.25) is 0 Å². The molecule has 0 aliphatic carbocycles. The summed E-state index contributed by atoms with van der Waals surface area (Å²) in [7, 11) is 0. The first kappa shape index (κ1) is 34.7. The summed E-state index contributed by atoms with van der Waals surface area (Å²) in [5, 5.41) is 29.6. The summed E-state index contributed by atoms with van der Waals surface area (Å²) in [6.45, 7) is 6.29. The van der Waals surface area contributed by atoms with Crippen molar-refractivity contribution < 1.29 is 29.7 Å². The van der Waals surface area contributed by atoms with E-state index in [-0.39, 0.29) is 43.7 Å². The van der Waals surface area contributed by atoms with Crippen LogP contribution >= 0.6 is 0 Å². The van der Waals surface area contributed by atoms with Gasteiger partial charge in [-0.1, -0.05) is 78.6 Å². The maximum absolute atomic E-state index is 9.85. The summed E-state index contributed by atoms with van der Waals surface area (Å²) in [6, 6.07) is 0. The van der Waals surface area contributed by atoms with Crippen molar-refractivity contribution in [3.05, 3.63) is 0 Å². The van der Waals surface area contributed by atoms with Gasteiger partial charge in [-0.2, -0.15) is 0 Å². The third-order valence-corrected chi connectivity index (χ3v) is 3.70.